The molecular formula is C18H25N5O2. The van der Waals surface area contributed by atoms with E-state index in [1.54, 1.807) is 13.0 Å². The van der Waals surface area contributed by atoms with Crippen molar-refractivity contribution in [1.29, 1.82) is 0 Å². The van der Waals surface area contributed by atoms with Gasteiger partial charge in [-0.05, 0) is 37.8 Å². The monoisotopic (exact) mass is 343 g/mol. The van der Waals surface area contributed by atoms with Crippen LogP contribution in [0, 0.1) is 6.92 Å². The van der Waals surface area contributed by atoms with E-state index in [-0.39, 0.29) is 11.9 Å². The second-order valence-electron chi connectivity index (χ2n) is 6.37. The lowest BCUT2D eigenvalue weighted by atomic mass is 10.2. The van der Waals surface area contributed by atoms with Crippen LogP contribution in [0.15, 0.2) is 28.9 Å². The Bertz CT molecular complexity index is 692. The molecule has 0 radical (unpaired) electrons. The predicted octanol–water partition coefficient (Wildman–Crippen LogP) is 2.49. The standard InChI is InChI=1S/C18H25N5O2/c1-3-15(18(24)21-16-10-13(2)25-22-16)19-11-14-6-7-17(20-12-14)23-8-4-5-9-23/h6-7,10,12,15,19H,3-5,8-9,11H2,1-2H3,(H,21,22,24)/t15-/m0/s1. The number of nitrogens with one attached hydrogen (secondary N) is 2. The quantitative estimate of drug-likeness (QED) is 0.804. The van der Waals surface area contributed by atoms with E-state index in [0.717, 1.165) is 24.5 Å². The second-order valence-corrected chi connectivity index (χ2v) is 6.37. The van der Waals surface area contributed by atoms with E-state index in [2.05, 4.69) is 37.8 Å². The zero-order valence-corrected chi connectivity index (χ0v) is 14.8. The third kappa shape index (κ3) is 4.57. The third-order valence-corrected chi connectivity index (χ3v) is 4.40. The zero-order chi connectivity index (χ0) is 17.6. The number of carbonyl (C=O) groups is 1. The Kier molecular flexibility index (Phi) is 5.65. The van der Waals surface area contributed by atoms with Gasteiger partial charge < -0.3 is 20.1 Å². The SMILES string of the molecule is CC[C@H](NCc1ccc(N2CCCC2)nc1)C(=O)Nc1cc(C)on1. The fraction of sp³-hybridized carbons (Fsp3) is 0.500. The van der Waals surface area contributed by atoms with Gasteiger partial charge in [0.05, 0.1) is 6.04 Å². The number of hydrogen-bond acceptors (Lipinski definition) is 6. The Balaban J connectivity index is 1.52. The first-order valence-corrected chi connectivity index (χ1v) is 8.83. The van der Waals surface area contributed by atoms with Gasteiger partial charge in [-0.15, -0.1) is 0 Å². The van der Waals surface area contributed by atoms with Gasteiger partial charge >= 0.3 is 0 Å². The summed E-state index contributed by atoms with van der Waals surface area (Å²) in [5.74, 6) is 2.03. The van der Waals surface area contributed by atoms with Crippen LogP contribution in [-0.4, -0.2) is 35.2 Å². The molecule has 0 unspecified atom stereocenters. The van der Waals surface area contributed by atoms with E-state index in [0.29, 0.717) is 24.5 Å². The van der Waals surface area contributed by atoms with Crippen molar-refractivity contribution in [2.45, 2.75) is 45.7 Å². The smallest absolute Gasteiger partial charge is 0.242 e. The molecule has 1 atom stereocenters. The van der Waals surface area contributed by atoms with Crippen molar-refractivity contribution in [2.75, 3.05) is 23.3 Å². The van der Waals surface area contributed by atoms with Crippen molar-refractivity contribution >= 4 is 17.5 Å². The van der Waals surface area contributed by atoms with E-state index in [9.17, 15) is 4.79 Å². The van der Waals surface area contributed by atoms with Crippen LogP contribution in [0.1, 0.15) is 37.5 Å². The zero-order valence-electron chi connectivity index (χ0n) is 14.8. The van der Waals surface area contributed by atoms with Gasteiger partial charge in [-0.25, -0.2) is 4.98 Å². The summed E-state index contributed by atoms with van der Waals surface area (Å²) in [7, 11) is 0. The van der Waals surface area contributed by atoms with E-state index < -0.39 is 0 Å². The number of amides is 1. The number of hydrogen-bond donors (Lipinski definition) is 2. The molecule has 0 aromatic carbocycles. The lowest BCUT2D eigenvalue weighted by molar-refractivity contribution is -0.118. The number of pyridine rings is 1. The van der Waals surface area contributed by atoms with Crippen LogP contribution in [0.2, 0.25) is 0 Å². The van der Waals surface area contributed by atoms with Gasteiger partial charge in [-0.3, -0.25) is 4.79 Å². The van der Waals surface area contributed by atoms with Crippen LogP contribution < -0.4 is 15.5 Å². The topological polar surface area (TPSA) is 83.3 Å². The molecule has 1 saturated heterocycles. The van der Waals surface area contributed by atoms with Crippen LogP contribution in [0.4, 0.5) is 11.6 Å². The highest BCUT2D eigenvalue weighted by Gasteiger charge is 2.18. The van der Waals surface area contributed by atoms with Crippen molar-refractivity contribution in [3.63, 3.8) is 0 Å². The summed E-state index contributed by atoms with van der Waals surface area (Å²) in [5, 5.41) is 9.83. The van der Waals surface area contributed by atoms with Crippen LogP contribution >= 0.6 is 0 Å². The van der Waals surface area contributed by atoms with Gasteiger partial charge in [0, 0.05) is 31.9 Å². The molecule has 1 fully saturated rings. The molecule has 7 heteroatoms. The number of aryl methyl sites for hydroxylation is 1. The van der Waals surface area contributed by atoms with E-state index in [4.69, 9.17) is 4.52 Å². The minimum atomic E-state index is -0.296. The highest BCUT2D eigenvalue weighted by Crippen LogP contribution is 2.17. The minimum Gasteiger partial charge on any atom is -0.360 e. The van der Waals surface area contributed by atoms with E-state index in [1.807, 2.05) is 13.1 Å². The van der Waals surface area contributed by atoms with Crippen LogP contribution in [0.3, 0.4) is 0 Å². The van der Waals surface area contributed by atoms with Gasteiger partial charge in [0.1, 0.15) is 11.6 Å². The van der Waals surface area contributed by atoms with E-state index >= 15 is 0 Å². The highest BCUT2D eigenvalue weighted by molar-refractivity contribution is 5.93. The molecule has 3 rings (SSSR count). The molecule has 1 aliphatic rings. The number of aromatic nitrogens is 2. The van der Waals surface area contributed by atoms with Crippen molar-refractivity contribution in [3.8, 4) is 0 Å². The summed E-state index contributed by atoms with van der Waals surface area (Å²) in [6.45, 7) is 6.53. The molecule has 0 spiro atoms. The summed E-state index contributed by atoms with van der Waals surface area (Å²) in [5.41, 5.74) is 1.06. The lowest BCUT2D eigenvalue weighted by Gasteiger charge is -2.18. The second kappa shape index (κ2) is 8.11. The number of rotatable bonds is 7. The Morgan fingerprint density at radius 2 is 2.16 bits per heavy atom. The van der Waals surface area contributed by atoms with Crippen LogP contribution in [0.25, 0.3) is 0 Å². The van der Waals surface area contributed by atoms with E-state index in [1.165, 1.54) is 12.8 Å². The predicted molar refractivity (Wildman–Crippen MR) is 96.5 cm³/mol. The molecule has 1 aliphatic heterocycles. The summed E-state index contributed by atoms with van der Waals surface area (Å²) < 4.78 is 4.96. The Hall–Kier alpha value is -2.41. The molecule has 2 aromatic rings. The molecule has 134 valence electrons. The maximum Gasteiger partial charge on any atom is 0.242 e. The lowest BCUT2D eigenvalue weighted by Crippen LogP contribution is -2.39. The normalized spacial score (nSPS) is 15.4. The number of anilines is 2. The summed E-state index contributed by atoms with van der Waals surface area (Å²) in [6.07, 6.45) is 5.04. The largest absolute Gasteiger partial charge is 0.360 e. The average Bonchev–Trinajstić information content (AvgIpc) is 3.28. The first-order valence-electron chi connectivity index (χ1n) is 8.83. The first kappa shape index (κ1) is 17.4. The van der Waals surface area contributed by atoms with Crippen LogP contribution in [-0.2, 0) is 11.3 Å². The number of nitrogens with zero attached hydrogens (tertiary/aromatic N) is 3. The molecule has 1 amide bonds. The molecule has 2 N–H and O–H groups in total. The molecule has 25 heavy (non-hydrogen) atoms. The average molecular weight is 343 g/mol. The summed E-state index contributed by atoms with van der Waals surface area (Å²) in [6, 6.07) is 5.53. The molecule has 0 bridgehead atoms. The van der Waals surface area contributed by atoms with Gasteiger partial charge in [0.15, 0.2) is 5.82 Å². The maximum atomic E-state index is 12.3. The highest BCUT2D eigenvalue weighted by atomic mass is 16.5. The first-order chi connectivity index (χ1) is 12.2. The fourth-order valence-corrected chi connectivity index (χ4v) is 2.96. The van der Waals surface area contributed by atoms with Gasteiger partial charge in [0.2, 0.25) is 5.91 Å². The molecule has 0 saturated carbocycles. The summed E-state index contributed by atoms with van der Waals surface area (Å²) >= 11 is 0. The molecule has 3 heterocycles. The van der Waals surface area contributed by atoms with Gasteiger partial charge in [-0.2, -0.15) is 0 Å². The molecule has 2 aromatic heterocycles. The van der Waals surface area contributed by atoms with Crippen molar-refractivity contribution < 1.29 is 9.32 Å². The Morgan fingerprint density at radius 3 is 2.76 bits per heavy atom. The van der Waals surface area contributed by atoms with Crippen molar-refractivity contribution in [3.05, 3.63) is 35.7 Å². The maximum absolute atomic E-state index is 12.3. The fourth-order valence-electron chi connectivity index (χ4n) is 2.96. The summed E-state index contributed by atoms with van der Waals surface area (Å²) in [4.78, 5) is 19.2. The molecular weight excluding hydrogens is 318 g/mol. The van der Waals surface area contributed by atoms with Crippen molar-refractivity contribution in [2.24, 2.45) is 0 Å². The Morgan fingerprint density at radius 1 is 1.36 bits per heavy atom. The Labute approximate surface area is 147 Å². The van der Waals surface area contributed by atoms with Crippen molar-refractivity contribution in [1.82, 2.24) is 15.5 Å². The molecule has 7 nitrogen and oxygen atoms in total. The van der Waals surface area contributed by atoms with Crippen LogP contribution in [0.5, 0.6) is 0 Å². The van der Waals surface area contributed by atoms with Gasteiger partial charge in [0.25, 0.3) is 0 Å². The van der Waals surface area contributed by atoms with Gasteiger partial charge in [-0.1, -0.05) is 18.1 Å². The minimum absolute atomic E-state index is 0.113. The third-order valence-electron chi connectivity index (χ3n) is 4.40. The molecule has 0 aliphatic carbocycles. The number of carbonyl (C=O) groups excluding carboxylic acids is 1.